The SMILES string of the molecule is COCCOc1cc(F)ccc1[C@H](C)N. The molecule has 0 spiro atoms. The van der Waals surface area contributed by atoms with Crippen LogP contribution >= 0.6 is 0 Å². The summed E-state index contributed by atoms with van der Waals surface area (Å²) < 4.78 is 23.2. The van der Waals surface area contributed by atoms with E-state index in [0.29, 0.717) is 19.0 Å². The Balaban J connectivity index is 2.77. The standard InChI is InChI=1S/C11H16FNO2/c1-8(13)10-4-3-9(12)7-11(10)15-6-5-14-2/h3-4,7-8H,5-6,13H2,1-2H3/t8-/m0/s1. The third-order valence-electron chi connectivity index (χ3n) is 2.01. The van der Waals surface area contributed by atoms with E-state index in [0.717, 1.165) is 5.56 Å². The third kappa shape index (κ3) is 3.49. The second-order valence-corrected chi connectivity index (χ2v) is 3.31. The van der Waals surface area contributed by atoms with Crippen LogP contribution in [0.5, 0.6) is 5.75 Å². The molecule has 0 aliphatic carbocycles. The van der Waals surface area contributed by atoms with Gasteiger partial charge in [-0.05, 0) is 13.0 Å². The number of halogens is 1. The van der Waals surface area contributed by atoms with E-state index in [-0.39, 0.29) is 11.9 Å². The number of methoxy groups -OCH3 is 1. The Morgan fingerprint density at radius 3 is 2.73 bits per heavy atom. The average Bonchev–Trinajstić information content (AvgIpc) is 2.18. The Morgan fingerprint density at radius 1 is 1.40 bits per heavy atom. The molecule has 84 valence electrons. The van der Waals surface area contributed by atoms with Crippen LogP contribution < -0.4 is 10.5 Å². The predicted molar refractivity (Wildman–Crippen MR) is 56.4 cm³/mol. The minimum Gasteiger partial charge on any atom is -0.491 e. The fourth-order valence-corrected chi connectivity index (χ4v) is 1.24. The summed E-state index contributed by atoms with van der Waals surface area (Å²) in [5.74, 6) is 0.161. The summed E-state index contributed by atoms with van der Waals surface area (Å²) in [5, 5.41) is 0. The Labute approximate surface area is 89.0 Å². The average molecular weight is 213 g/mol. The fourth-order valence-electron chi connectivity index (χ4n) is 1.24. The molecule has 1 atom stereocenters. The minimum atomic E-state index is -0.327. The quantitative estimate of drug-likeness (QED) is 0.759. The van der Waals surface area contributed by atoms with Crippen LogP contribution in [0.4, 0.5) is 4.39 Å². The Morgan fingerprint density at radius 2 is 2.13 bits per heavy atom. The smallest absolute Gasteiger partial charge is 0.127 e. The predicted octanol–water partition coefficient (Wildman–Crippen LogP) is 1.87. The van der Waals surface area contributed by atoms with Gasteiger partial charge in [0.25, 0.3) is 0 Å². The number of rotatable bonds is 5. The van der Waals surface area contributed by atoms with Gasteiger partial charge in [-0.2, -0.15) is 0 Å². The maximum Gasteiger partial charge on any atom is 0.127 e. The molecule has 15 heavy (non-hydrogen) atoms. The van der Waals surface area contributed by atoms with E-state index in [1.807, 2.05) is 6.92 Å². The van der Waals surface area contributed by atoms with Crippen molar-refractivity contribution in [2.75, 3.05) is 20.3 Å². The first kappa shape index (κ1) is 11.9. The molecule has 3 nitrogen and oxygen atoms in total. The van der Waals surface area contributed by atoms with Crippen LogP contribution in [-0.4, -0.2) is 20.3 Å². The van der Waals surface area contributed by atoms with Crippen LogP contribution in [-0.2, 0) is 4.74 Å². The normalized spacial score (nSPS) is 12.5. The van der Waals surface area contributed by atoms with Gasteiger partial charge >= 0.3 is 0 Å². The molecule has 0 unspecified atom stereocenters. The molecule has 0 heterocycles. The highest BCUT2D eigenvalue weighted by atomic mass is 19.1. The van der Waals surface area contributed by atoms with Gasteiger partial charge in [-0.3, -0.25) is 0 Å². The summed E-state index contributed by atoms with van der Waals surface area (Å²) in [6.45, 7) is 2.69. The van der Waals surface area contributed by atoms with E-state index < -0.39 is 0 Å². The van der Waals surface area contributed by atoms with Gasteiger partial charge in [0.05, 0.1) is 6.61 Å². The zero-order valence-electron chi connectivity index (χ0n) is 9.00. The maximum absolute atomic E-state index is 13.0. The molecule has 0 saturated carbocycles. The lowest BCUT2D eigenvalue weighted by Crippen LogP contribution is -2.11. The number of ether oxygens (including phenoxy) is 2. The van der Waals surface area contributed by atoms with Gasteiger partial charge in [-0.15, -0.1) is 0 Å². The molecular weight excluding hydrogens is 197 g/mol. The van der Waals surface area contributed by atoms with Crippen molar-refractivity contribution in [3.63, 3.8) is 0 Å². The number of hydrogen-bond acceptors (Lipinski definition) is 3. The minimum absolute atomic E-state index is 0.178. The molecule has 0 fully saturated rings. The first-order valence-corrected chi connectivity index (χ1v) is 4.82. The largest absolute Gasteiger partial charge is 0.491 e. The van der Waals surface area contributed by atoms with Crippen molar-refractivity contribution in [1.82, 2.24) is 0 Å². The van der Waals surface area contributed by atoms with E-state index in [2.05, 4.69) is 0 Å². The highest BCUT2D eigenvalue weighted by Crippen LogP contribution is 2.24. The van der Waals surface area contributed by atoms with Crippen LogP contribution in [0, 0.1) is 5.82 Å². The molecule has 0 amide bonds. The van der Waals surface area contributed by atoms with Crippen molar-refractivity contribution in [2.45, 2.75) is 13.0 Å². The lowest BCUT2D eigenvalue weighted by molar-refractivity contribution is 0.145. The van der Waals surface area contributed by atoms with Gasteiger partial charge in [0.1, 0.15) is 18.2 Å². The third-order valence-corrected chi connectivity index (χ3v) is 2.01. The van der Waals surface area contributed by atoms with E-state index in [9.17, 15) is 4.39 Å². The molecule has 4 heteroatoms. The van der Waals surface area contributed by atoms with Gasteiger partial charge in [0.2, 0.25) is 0 Å². The monoisotopic (exact) mass is 213 g/mol. The first-order chi connectivity index (χ1) is 7.15. The van der Waals surface area contributed by atoms with Crippen LogP contribution in [0.2, 0.25) is 0 Å². The van der Waals surface area contributed by atoms with Crippen molar-refractivity contribution in [3.8, 4) is 5.75 Å². The Hall–Kier alpha value is -1.13. The van der Waals surface area contributed by atoms with E-state index in [4.69, 9.17) is 15.2 Å². The number of hydrogen-bond donors (Lipinski definition) is 1. The highest BCUT2D eigenvalue weighted by molar-refractivity contribution is 5.36. The zero-order valence-corrected chi connectivity index (χ0v) is 9.00. The van der Waals surface area contributed by atoms with E-state index >= 15 is 0 Å². The molecule has 0 aliphatic heterocycles. The van der Waals surface area contributed by atoms with Crippen molar-refractivity contribution in [1.29, 1.82) is 0 Å². The second-order valence-electron chi connectivity index (χ2n) is 3.31. The van der Waals surface area contributed by atoms with Gasteiger partial charge in [-0.1, -0.05) is 6.07 Å². The molecule has 0 aromatic heterocycles. The molecule has 0 radical (unpaired) electrons. The van der Waals surface area contributed by atoms with Crippen LogP contribution in [0.1, 0.15) is 18.5 Å². The summed E-state index contributed by atoms with van der Waals surface area (Å²) >= 11 is 0. The lowest BCUT2D eigenvalue weighted by Gasteiger charge is -2.13. The number of nitrogens with two attached hydrogens (primary N) is 1. The van der Waals surface area contributed by atoms with Crippen molar-refractivity contribution in [2.24, 2.45) is 5.73 Å². The molecular formula is C11H16FNO2. The fraction of sp³-hybridized carbons (Fsp3) is 0.455. The van der Waals surface area contributed by atoms with E-state index in [1.54, 1.807) is 13.2 Å². The highest BCUT2D eigenvalue weighted by Gasteiger charge is 2.09. The van der Waals surface area contributed by atoms with Crippen LogP contribution in [0.15, 0.2) is 18.2 Å². The van der Waals surface area contributed by atoms with Crippen LogP contribution in [0.25, 0.3) is 0 Å². The topological polar surface area (TPSA) is 44.5 Å². The summed E-state index contributed by atoms with van der Waals surface area (Å²) in [5.41, 5.74) is 6.53. The zero-order chi connectivity index (χ0) is 11.3. The van der Waals surface area contributed by atoms with Crippen LogP contribution in [0.3, 0.4) is 0 Å². The summed E-state index contributed by atoms with van der Waals surface area (Å²) in [4.78, 5) is 0. The molecule has 0 aliphatic rings. The van der Waals surface area contributed by atoms with Crippen molar-refractivity contribution in [3.05, 3.63) is 29.6 Å². The molecule has 1 rings (SSSR count). The lowest BCUT2D eigenvalue weighted by atomic mass is 10.1. The molecule has 1 aromatic carbocycles. The number of benzene rings is 1. The van der Waals surface area contributed by atoms with Crippen molar-refractivity contribution >= 4 is 0 Å². The van der Waals surface area contributed by atoms with E-state index in [1.165, 1.54) is 12.1 Å². The summed E-state index contributed by atoms with van der Waals surface area (Å²) in [6, 6.07) is 4.18. The molecule has 0 bridgehead atoms. The molecule has 0 saturated heterocycles. The van der Waals surface area contributed by atoms with Gasteiger partial charge < -0.3 is 15.2 Å². The maximum atomic E-state index is 13.0. The summed E-state index contributed by atoms with van der Waals surface area (Å²) in [6.07, 6.45) is 0. The summed E-state index contributed by atoms with van der Waals surface area (Å²) in [7, 11) is 1.58. The molecule has 1 aromatic rings. The molecule has 2 N–H and O–H groups in total. The second kappa shape index (κ2) is 5.68. The van der Waals surface area contributed by atoms with Gasteiger partial charge in [0.15, 0.2) is 0 Å². The van der Waals surface area contributed by atoms with Crippen molar-refractivity contribution < 1.29 is 13.9 Å². The van der Waals surface area contributed by atoms with Gasteiger partial charge in [0, 0.05) is 24.8 Å². The Kier molecular flexibility index (Phi) is 4.52. The Bertz CT molecular complexity index is 315. The van der Waals surface area contributed by atoms with Gasteiger partial charge in [-0.25, -0.2) is 4.39 Å². The first-order valence-electron chi connectivity index (χ1n) is 4.82.